The van der Waals surface area contributed by atoms with Gasteiger partial charge in [-0.15, -0.1) is 6.58 Å². The van der Waals surface area contributed by atoms with Crippen LogP contribution in [0.1, 0.15) is 26.6 Å². The molecule has 0 atom stereocenters. The van der Waals surface area contributed by atoms with E-state index in [0.29, 0.717) is 48.2 Å². The summed E-state index contributed by atoms with van der Waals surface area (Å²) in [6.07, 6.45) is 2.62. The number of imidazole rings is 1. The first kappa shape index (κ1) is 31.9. The zero-order valence-electron chi connectivity index (χ0n) is 24.2. The maximum absolute atomic E-state index is 12.7. The molecular formula is C27H43N5O6Si. The molecule has 1 heterocycles. The van der Waals surface area contributed by atoms with E-state index in [0.717, 1.165) is 6.04 Å². The number of aromatic nitrogens is 2. The highest BCUT2D eigenvalue weighted by molar-refractivity contribution is 6.76. The van der Waals surface area contributed by atoms with Crippen LogP contribution in [0.4, 0.5) is 21.0 Å². The molecule has 0 bridgehead atoms. The van der Waals surface area contributed by atoms with Crippen LogP contribution in [-0.4, -0.2) is 67.3 Å². The van der Waals surface area contributed by atoms with Crippen LogP contribution < -0.4 is 11.1 Å². The van der Waals surface area contributed by atoms with Gasteiger partial charge in [0.05, 0.1) is 26.0 Å². The number of benzene rings is 1. The molecule has 0 spiro atoms. The number of hydroxylamine groups is 2. The van der Waals surface area contributed by atoms with Crippen LogP contribution in [-0.2, 0) is 32.2 Å². The Kier molecular flexibility index (Phi) is 11.6. The summed E-state index contributed by atoms with van der Waals surface area (Å²) in [6, 6.07) is 6.18. The monoisotopic (exact) mass is 561 g/mol. The van der Waals surface area contributed by atoms with Gasteiger partial charge in [-0.25, -0.2) is 14.6 Å². The molecule has 2 rings (SSSR count). The summed E-state index contributed by atoms with van der Waals surface area (Å²) in [5.41, 5.74) is 7.91. The molecule has 1 aromatic heterocycles. The summed E-state index contributed by atoms with van der Waals surface area (Å²) in [5, 5.41) is 3.78. The topological polar surface area (TPSA) is 130 Å². The number of nitrogens with zero attached hydrogens (tertiary/aromatic N) is 3. The van der Waals surface area contributed by atoms with E-state index in [1.807, 2.05) is 10.8 Å². The summed E-state index contributed by atoms with van der Waals surface area (Å²) >= 11 is 0. The lowest BCUT2D eigenvalue weighted by Crippen LogP contribution is -2.38. The zero-order chi connectivity index (χ0) is 29.2. The third-order valence-electron chi connectivity index (χ3n) is 5.33. The molecule has 0 saturated carbocycles. The summed E-state index contributed by atoms with van der Waals surface area (Å²) in [4.78, 5) is 34.6. The van der Waals surface area contributed by atoms with E-state index in [9.17, 15) is 9.59 Å². The van der Waals surface area contributed by atoms with Crippen molar-refractivity contribution in [2.45, 2.75) is 65.2 Å². The average molecular weight is 562 g/mol. The highest BCUT2D eigenvalue weighted by atomic mass is 28.3. The maximum Gasteiger partial charge on any atom is 0.434 e. The van der Waals surface area contributed by atoms with Gasteiger partial charge in [0.25, 0.3) is 0 Å². The number of nitrogens with one attached hydrogen (secondary N) is 1. The van der Waals surface area contributed by atoms with E-state index in [1.54, 1.807) is 45.0 Å². The Morgan fingerprint density at radius 3 is 2.56 bits per heavy atom. The minimum absolute atomic E-state index is 0.154. The average Bonchev–Trinajstić information content (AvgIpc) is 3.22. The summed E-state index contributed by atoms with van der Waals surface area (Å²) in [6.45, 7) is 17.2. The normalized spacial score (nSPS) is 11.7. The number of hydrogen-bond acceptors (Lipinski definition) is 8. The molecule has 0 unspecified atom stereocenters. The molecule has 39 heavy (non-hydrogen) atoms. The van der Waals surface area contributed by atoms with Gasteiger partial charge in [0.15, 0.2) is 0 Å². The number of methoxy groups -OCH3 is 1. The van der Waals surface area contributed by atoms with Crippen LogP contribution in [0.15, 0.2) is 37.1 Å². The molecule has 0 fully saturated rings. The van der Waals surface area contributed by atoms with Gasteiger partial charge in [-0.2, -0.15) is 5.06 Å². The van der Waals surface area contributed by atoms with Crippen LogP contribution in [0.3, 0.4) is 0 Å². The van der Waals surface area contributed by atoms with E-state index in [4.69, 9.17) is 25.0 Å². The zero-order valence-corrected chi connectivity index (χ0v) is 25.2. The Morgan fingerprint density at radius 2 is 1.97 bits per heavy atom. The van der Waals surface area contributed by atoms with E-state index >= 15 is 0 Å². The van der Waals surface area contributed by atoms with E-state index < -0.39 is 25.9 Å². The molecule has 0 aliphatic heterocycles. The van der Waals surface area contributed by atoms with Crippen molar-refractivity contribution in [2.75, 3.05) is 37.9 Å². The number of nitrogen functional groups attached to an aromatic ring is 1. The Hall–Kier alpha value is -3.35. The van der Waals surface area contributed by atoms with Gasteiger partial charge >= 0.3 is 12.2 Å². The molecule has 0 radical (unpaired) electrons. The second kappa shape index (κ2) is 14.2. The predicted molar refractivity (Wildman–Crippen MR) is 155 cm³/mol. The van der Waals surface area contributed by atoms with Crippen LogP contribution in [0.2, 0.25) is 25.7 Å². The summed E-state index contributed by atoms with van der Waals surface area (Å²) in [5.74, 6) is 0.685. The van der Waals surface area contributed by atoms with Crippen molar-refractivity contribution in [2.24, 2.45) is 0 Å². The third-order valence-corrected chi connectivity index (χ3v) is 7.03. The lowest BCUT2D eigenvalue weighted by molar-refractivity contribution is -0.137. The number of ether oxygens (including phenoxy) is 3. The van der Waals surface area contributed by atoms with Crippen LogP contribution >= 0.6 is 0 Å². The minimum Gasteiger partial charge on any atom is -0.453 e. The SMILES string of the molecule is C=CCON(CCc1nc(-c2ccc(NC(=O)OC)cc2N)cn1COCC[Si](C)(C)C)C(=O)OC(C)(C)C. The van der Waals surface area contributed by atoms with Gasteiger partial charge in [0.2, 0.25) is 0 Å². The molecule has 3 N–H and O–H groups in total. The van der Waals surface area contributed by atoms with E-state index in [1.165, 1.54) is 12.2 Å². The van der Waals surface area contributed by atoms with Crippen molar-refractivity contribution >= 4 is 31.6 Å². The first-order valence-corrected chi connectivity index (χ1v) is 16.6. The number of anilines is 2. The van der Waals surface area contributed by atoms with Crippen molar-refractivity contribution in [1.29, 1.82) is 0 Å². The van der Waals surface area contributed by atoms with E-state index in [-0.39, 0.29) is 13.2 Å². The molecule has 0 aliphatic carbocycles. The van der Waals surface area contributed by atoms with Crippen molar-refractivity contribution in [3.05, 3.63) is 42.9 Å². The minimum atomic E-state index is -1.25. The lowest BCUT2D eigenvalue weighted by Gasteiger charge is -2.26. The molecule has 2 aromatic rings. The number of nitrogens with two attached hydrogens (primary N) is 1. The maximum atomic E-state index is 12.7. The molecule has 1 aromatic carbocycles. The fourth-order valence-electron chi connectivity index (χ4n) is 3.34. The van der Waals surface area contributed by atoms with Crippen molar-refractivity contribution < 1.29 is 28.6 Å². The molecule has 2 amide bonds. The Balaban J connectivity index is 2.29. The lowest BCUT2D eigenvalue weighted by atomic mass is 10.1. The quantitative estimate of drug-likeness (QED) is 0.107. The fourth-order valence-corrected chi connectivity index (χ4v) is 4.10. The van der Waals surface area contributed by atoms with Crippen molar-refractivity contribution in [1.82, 2.24) is 14.6 Å². The van der Waals surface area contributed by atoms with Gasteiger partial charge in [-0.3, -0.25) is 10.2 Å². The van der Waals surface area contributed by atoms with Gasteiger partial charge in [0, 0.05) is 44.2 Å². The number of carbonyl (C=O) groups is 2. The number of carbonyl (C=O) groups excluding carboxylic acids is 2. The molecular weight excluding hydrogens is 518 g/mol. The first-order chi connectivity index (χ1) is 18.2. The molecule has 0 saturated heterocycles. The van der Waals surface area contributed by atoms with Crippen molar-refractivity contribution in [3.8, 4) is 11.3 Å². The third kappa shape index (κ3) is 11.1. The standard InChI is InChI=1S/C27H43N5O6Si/c1-9-14-37-32(26(34)38-27(2,3)4)13-12-24-30-23(18-31(24)19-36-15-16-39(6,7)8)21-11-10-20(17-22(21)28)29-25(33)35-5/h9-11,17-18H,1,12-16,19,28H2,2-8H3,(H,29,33). The molecule has 12 heteroatoms. The molecule has 216 valence electrons. The summed E-state index contributed by atoms with van der Waals surface area (Å²) in [7, 11) is 0.0438. The van der Waals surface area contributed by atoms with Gasteiger partial charge in [-0.05, 0) is 45.0 Å². The van der Waals surface area contributed by atoms with Crippen LogP contribution in [0, 0.1) is 0 Å². The van der Waals surface area contributed by atoms with E-state index in [2.05, 4.69) is 36.3 Å². The highest BCUT2D eigenvalue weighted by Gasteiger charge is 2.24. The number of rotatable bonds is 13. The fraction of sp³-hybridized carbons (Fsp3) is 0.519. The van der Waals surface area contributed by atoms with Gasteiger partial charge in [0.1, 0.15) is 18.2 Å². The Labute approximate surface area is 232 Å². The van der Waals surface area contributed by atoms with Crippen LogP contribution in [0.5, 0.6) is 0 Å². The first-order valence-electron chi connectivity index (χ1n) is 12.9. The largest absolute Gasteiger partial charge is 0.453 e. The smallest absolute Gasteiger partial charge is 0.434 e. The molecule has 11 nitrogen and oxygen atoms in total. The highest BCUT2D eigenvalue weighted by Crippen LogP contribution is 2.28. The Morgan fingerprint density at radius 1 is 1.26 bits per heavy atom. The summed E-state index contributed by atoms with van der Waals surface area (Å²) < 4.78 is 18.0. The second-order valence-electron chi connectivity index (χ2n) is 11.2. The van der Waals surface area contributed by atoms with Crippen LogP contribution in [0.25, 0.3) is 11.3 Å². The van der Waals surface area contributed by atoms with Gasteiger partial charge < -0.3 is 24.5 Å². The number of hydrogen-bond donors (Lipinski definition) is 2. The molecule has 0 aliphatic rings. The Bertz CT molecular complexity index is 1120. The van der Waals surface area contributed by atoms with Gasteiger partial charge in [-0.1, -0.05) is 25.7 Å². The van der Waals surface area contributed by atoms with Crippen molar-refractivity contribution in [3.63, 3.8) is 0 Å². The predicted octanol–water partition coefficient (Wildman–Crippen LogP) is 5.52. The second-order valence-corrected chi connectivity index (χ2v) is 16.8. The number of amides is 2.